The van der Waals surface area contributed by atoms with Crippen molar-refractivity contribution < 1.29 is 18.9 Å². The van der Waals surface area contributed by atoms with Gasteiger partial charge in [0, 0.05) is 7.11 Å². The molecule has 0 spiro atoms. The van der Waals surface area contributed by atoms with Gasteiger partial charge in [0.05, 0.1) is 6.10 Å². The van der Waals surface area contributed by atoms with E-state index in [4.69, 9.17) is 18.9 Å². The minimum Gasteiger partial charge on any atom is -0.376 e. The van der Waals surface area contributed by atoms with E-state index in [2.05, 4.69) is 6.58 Å². The molecule has 2 rings (SSSR count). The molecular weight excluding hydrogens is 196 g/mol. The maximum absolute atomic E-state index is 5.75. The average molecular weight is 214 g/mol. The fourth-order valence-corrected chi connectivity index (χ4v) is 2.19. The minimum atomic E-state index is -0.578. The Balaban J connectivity index is 2.07. The van der Waals surface area contributed by atoms with Crippen LogP contribution in [0.5, 0.6) is 0 Å². The summed E-state index contributed by atoms with van der Waals surface area (Å²) in [5, 5.41) is 0. The Morgan fingerprint density at radius 2 is 2.13 bits per heavy atom. The second kappa shape index (κ2) is 3.87. The van der Waals surface area contributed by atoms with E-state index in [9.17, 15) is 0 Å². The van der Waals surface area contributed by atoms with Crippen molar-refractivity contribution in [2.24, 2.45) is 0 Å². The van der Waals surface area contributed by atoms with E-state index in [1.807, 2.05) is 19.9 Å². The van der Waals surface area contributed by atoms with E-state index in [0.29, 0.717) is 0 Å². The van der Waals surface area contributed by atoms with Crippen LogP contribution < -0.4 is 0 Å². The first-order valence-corrected chi connectivity index (χ1v) is 5.22. The number of rotatable bonds is 3. The number of ether oxygens (including phenoxy) is 4. The monoisotopic (exact) mass is 214 g/mol. The molecule has 0 saturated carbocycles. The van der Waals surface area contributed by atoms with Gasteiger partial charge >= 0.3 is 0 Å². The third-order valence-corrected chi connectivity index (χ3v) is 2.76. The summed E-state index contributed by atoms with van der Waals surface area (Å²) in [7, 11) is 1.67. The lowest BCUT2D eigenvalue weighted by Gasteiger charge is -2.24. The standard InChI is InChI=1S/C11H18O4/c1-5-6-7-8(12-4)9-10(13-7)15-11(2,3)14-9/h5,7-10H,1,6H2,2-4H3/t7-,8?,9-,10-/m1/s1. The van der Waals surface area contributed by atoms with Gasteiger partial charge in [-0.2, -0.15) is 0 Å². The Bertz CT molecular complexity index is 251. The summed E-state index contributed by atoms with van der Waals surface area (Å²) >= 11 is 0. The minimum absolute atomic E-state index is 0.0152. The smallest absolute Gasteiger partial charge is 0.190 e. The number of hydrogen-bond donors (Lipinski definition) is 0. The topological polar surface area (TPSA) is 36.9 Å². The molecule has 0 aromatic carbocycles. The highest BCUT2D eigenvalue weighted by atomic mass is 16.8. The van der Waals surface area contributed by atoms with E-state index in [1.165, 1.54) is 0 Å². The van der Waals surface area contributed by atoms with E-state index >= 15 is 0 Å². The molecule has 15 heavy (non-hydrogen) atoms. The van der Waals surface area contributed by atoms with Crippen molar-refractivity contribution in [3.63, 3.8) is 0 Å². The normalized spacial score (nSPS) is 42.9. The lowest BCUT2D eigenvalue weighted by molar-refractivity contribution is -0.215. The third-order valence-electron chi connectivity index (χ3n) is 2.76. The second-order valence-electron chi connectivity index (χ2n) is 4.37. The maximum atomic E-state index is 5.75. The number of fused-ring (bicyclic) bond motifs is 1. The van der Waals surface area contributed by atoms with Crippen molar-refractivity contribution in [1.82, 2.24) is 0 Å². The van der Waals surface area contributed by atoms with Crippen LogP contribution in [-0.4, -0.2) is 37.5 Å². The van der Waals surface area contributed by atoms with Gasteiger partial charge in [-0.25, -0.2) is 0 Å². The van der Waals surface area contributed by atoms with Crippen molar-refractivity contribution in [3.05, 3.63) is 12.7 Å². The molecule has 2 fully saturated rings. The molecule has 2 saturated heterocycles. The molecule has 4 heteroatoms. The number of hydrogen-bond acceptors (Lipinski definition) is 4. The highest BCUT2D eigenvalue weighted by Gasteiger charge is 2.54. The van der Waals surface area contributed by atoms with E-state index in [1.54, 1.807) is 7.11 Å². The van der Waals surface area contributed by atoms with Crippen LogP contribution >= 0.6 is 0 Å². The van der Waals surface area contributed by atoms with Crippen LogP contribution in [0.15, 0.2) is 12.7 Å². The van der Waals surface area contributed by atoms with Gasteiger partial charge in [0.2, 0.25) is 0 Å². The Kier molecular flexibility index (Phi) is 2.85. The predicted octanol–water partition coefficient (Wildman–Crippen LogP) is 1.45. The zero-order chi connectivity index (χ0) is 11.1. The Labute approximate surface area is 90.1 Å². The summed E-state index contributed by atoms with van der Waals surface area (Å²) in [6.07, 6.45) is 2.04. The fourth-order valence-electron chi connectivity index (χ4n) is 2.19. The van der Waals surface area contributed by atoms with Crippen molar-refractivity contribution in [2.45, 2.75) is 50.7 Å². The highest BCUT2D eigenvalue weighted by Crippen LogP contribution is 2.39. The summed E-state index contributed by atoms with van der Waals surface area (Å²) in [4.78, 5) is 0. The van der Waals surface area contributed by atoms with Crippen LogP contribution in [-0.2, 0) is 18.9 Å². The van der Waals surface area contributed by atoms with Crippen LogP contribution in [0.25, 0.3) is 0 Å². The summed E-state index contributed by atoms with van der Waals surface area (Å²) in [5.74, 6) is -0.578. The largest absolute Gasteiger partial charge is 0.376 e. The summed E-state index contributed by atoms with van der Waals surface area (Å²) in [6.45, 7) is 7.46. The Morgan fingerprint density at radius 1 is 1.40 bits per heavy atom. The summed E-state index contributed by atoms with van der Waals surface area (Å²) in [5.41, 5.74) is 0. The zero-order valence-corrected chi connectivity index (χ0v) is 9.43. The van der Waals surface area contributed by atoms with E-state index in [0.717, 1.165) is 6.42 Å². The summed E-state index contributed by atoms with van der Waals surface area (Å²) < 4.78 is 22.5. The second-order valence-corrected chi connectivity index (χ2v) is 4.37. The van der Waals surface area contributed by atoms with Crippen LogP contribution in [0, 0.1) is 0 Å². The highest BCUT2D eigenvalue weighted by molar-refractivity contribution is 4.96. The van der Waals surface area contributed by atoms with Crippen molar-refractivity contribution in [1.29, 1.82) is 0 Å². The van der Waals surface area contributed by atoms with Gasteiger partial charge in [-0.15, -0.1) is 6.58 Å². The molecule has 1 unspecified atom stereocenters. The van der Waals surface area contributed by atoms with Gasteiger partial charge in [0.15, 0.2) is 12.1 Å². The molecule has 0 N–H and O–H groups in total. The fraction of sp³-hybridized carbons (Fsp3) is 0.818. The first-order valence-electron chi connectivity index (χ1n) is 5.22. The number of methoxy groups -OCH3 is 1. The van der Waals surface area contributed by atoms with E-state index < -0.39 is 5.79 Å². The molecule has 2 aliphatic rings. The van der Waals surface area contributed by atoms with Crippen LogP contribution in [0.2, 0.25) is 0 Å². The van der Waals surface area contributed by atoms with Crippen LogP contribution in [0.3, 0.4) is 0 Å². The zero-order valence-electron chi connectivity index (χ0n) is 9.43. The molecule has 0 bridgehead atoms. The van der Waals surface area contributed by atoms with Gasteiger partial charge < -0.3 is 18.9 Å². The van der Waals surface area contributed by atoms with Gasteiger partial charge in [0.1, 0.15) is 12.2 Å². The first kappa shape index (κ1) is 11.1. The molecule has 0 aromatic rings. The quantitative estimate of drug-likeness (QED) is 0.666. The average Bonchev–Trinajstić information content (AvgIpc) is 2.56. The Hall–Kier alpha value is -0.420. The molecule has 86 valence electrons. The van der Waals surface area contributed by atoms with E-state index in [-0.39, 0.29) is 24.6 Å². The van der Waals surface area contributed by atoms with Crippen molar-refractivity contribution in [2.75, 3.05) is 7.11 Å². The Morgan fingerprint density at radius 3 is 2.73 bits per heavy atom. The lowest BCUT2D eigenvalue weighted by Crippen LogP contribution is -2.35. The van der Waals surface area contributed by atoms with Crippen LogP contribution in [0.1, 0.15) is 20.3 Å². The molecule has 0 amide bonds. The molecule has 2 aliphatic heterocycles. The van der Waals surface area contributed by atoms with Crippen molar-refractivity contribution in [3.8, 4) is 0 Å². The maximum Gasteiger partial charge on any atom is 0.190 e. The molecule has 0 radical (unpaired) electrons. The molecule has 4 nitrogen and oxygen atoms in total. The third kappa shape index (κ3) is 1.95. The predicted molar refractivity (Wildman–Crippen MR) is 54.3 cm³/mol. The van der Waals surface area contributed by atoms with Gasteiger partial charge in [-0.1, -0.05) is 6.08 Å². The molecule has 4 atom stereocenters. The molecular formula is C11H18O4. The van der Waals surface area contributed by atoms with Gasteiger partial charge in [-0.05, 0) is 20.3 Å². The SMILES string of the molecule is C=CC[C@H]1O[C@@H]2OC(C)(C)O[C@@H]2C1OC. The molecule has 0 aromatic heterocycles. The lowest BCUT2D eigenvalue weighted by atomic mass is 10.1. The first-order chi connectivity index (χ1) is 7.07. The van der Waals surface area contributed by atoms with Gasteiger partial charge in [0.25, 0.3) is 0 Å². The van der Waals surface area contributed by atoms with Crippen molar-refractivity contribution >= 4 is 0 Å². The van der Waals surface area contributed by atoms with Crippen LogP contribution in [0.4, 0.5) is 0 Å². The molecule has 2 heterocycles. The summed E-state index contributed by atoms with van der Waals surface area (Å²) in [6, 6.07) is 0. The molecule has 0 aliphatic carbocycles. The van der Waals surface area contributed by atoms with Gasteiger partial charge in [-0.3, -0.25) is 0 Å².